The highest BCUT2D eigenvalue weighted by Gasteiger charge is 2.38. The monoisotopic (exact) mass is 549 g/mol. The predicted octanol–water partition coefficient (Wildman–Crippen LogP) is 6.49. The first kappa shape index (κ1) is 25.9. The number of alkyl halides is 3. The van der Waals surface area contributed by atoms with Gasteiger partial charge in [-0.1, -0.05) is 36.4 Å². The number of aliphatic carboxylic acids is 1. The third-order valence-corrected chi connectivity index (χ3v) is 7.63. The minimum absolute atomic E-state index is 0.0213. The van der Waals surface area contributed by atoms with Crippen LogP contribution in [0.4, 0.5) is 13.2 Å². The lowest BCUT2D eigenvalue weighted by molar-refractivity contribution is -0.138. The SMILES string of the molecule is Cc1nc(-c2ccc(-c3c(C(F)(F)F)ccc4c3CC[C@H]4Oc3ccc4c(c3)OC[C@H]4CC(=O)O)cc2)nn1C. The summed E-state index contributed by atoms with van der Waals surface area (Å²) in [6.07, 6.45) is -4.01. The van der Waals surface area contributed by atoms with Gasteiger partial charge in [-0.05, 0) is 54.2 Å². The number of nitrogens with zero attached hydrogens (tertiary/aromatic N) is 3. The fourth-order valence-corrected chi connectivity index (χ4v) is 5.60. The predicted molar refractivity (Wildman–Crippen MR) is 140 cm³/mol. The standard InChI is InChI=1S/C30H26F3N3O4/c1-16-34-29(35-36(16)2)18-5-3-17(4-6-18)28-23-10-12-25(22(23)9-11-24(28)30(31,32)33)40-20-7-8-21-19(13-27(37)38)15-39-26(21)14-20/h3-9,11,14,19,25H,10,12-13,15H2,1-2H3,(H,37,38)/t19-,25-/m1/s1. The topological polar surface area (TPSA) is 86.5 Å². The second kappa shape index (κ2) is 9.69. The first-order valence-electron chi connectivity index (χ1n) is 12.9. The van der Waals surface area contributed by atoms with Crippen molar-refractivity contribution in [2.75, 3.05) is 6.61 Å². The smallest absolute Gasteiger partial charge is 0.417 e. The Morgan fingerprint density at radius 2 is 1.82 bits per heavy atom. The van der Waals surface area contributed by atoms with Gasteiger partial charge in [0.2, 0.25) is 0 Å². The number of aryl methyl sites for hydroxylation is 2. The molecule has 0 fully saturated rings. The molecule has 1 N–H and O–H groups in total. The minimum atomic E-state index is -4.52. The van der Waals surface area contributed by atoms with Crippen molar-refractivity contribution >= 4 is 5.97 Å². The largest absolute Gasteiger partial charge is 0.492 e. The van der Waals surface area contributed by atoms with Crippen molar-refractivity contribution in [2.45, 2.75) is 44.4 Å². The molecule has 0 saturated heterocycles. The van der Waals surface area contributed by atoms with Gasteiger partial charge < -0.3 is 14.6 Å². The summed E-state index contributed by atoms with van der Waals surface area (Å²) in [6.45, 7) is 2.12. The van der Waals surface area contributed by atoms with Crippen LogP contribution in [0.3, 0.4) is 0 Å². The van der Waals surface area contributed by atoms with E-state index < -0.39 is 23.8 Å². The molecule has 0 spiro atoms. The Morgan fingerprint density at radius 3 is 2.50 bits per heavy atom. The Balaban J connectivity index is 1.32. The zero-order valence-electron chi connectivity index (χ0n) is 21.8. The van der Waals surface area contributed by atoms with Crippen LogP contribution in [0.25, 0.3) is 22.5 Å². The molecule has 0 saturated carbocycles. The van der Waals surface area contributed by atoms with Crippen molar-refractivity contribution in [2.24, 2.45) is 7.05 Å². The highest BCUT2D eigenvalue weighted by Crippen LogP contribution is 2.47. The summed E-state index contributed by atoms with van der Waals surface area (Å²) < 4.78 is 56.1. The van der Waals surface area contributed by atoms with Gasteiger partial charge in [-0.25, -0.2) is 4.98 Å². The molecule has 2 heterocycles. The van der Waals surface area contributed by atoms with Crippen LogP contribution in [0.2, 0.25) is 0 Å². The summed E-state index contributed by atoms with van der Waals surface area (Å²) in [5.74, 6) is 1.24. The van der Waals surface area contributed by atoms with Crippen LogP contribution in [-0.4, -0.2) is 32.4 Å². The number of carbonyl (C=O) groups is 1. The third-order valence-electron chi connectivity index (χ3n) is 7.63. The van der Waals surface area contributed by atoms with Gasteiger partial charge in [-0.15, -0.1) is 0 Å². The average Bonchev–Trinajstić information content (AvgIpc) is 3.60. The van der Waals surface area contributed by atoms with Crippen LogP contribution in [0, 0.1) is 6.92 Å². The first-order valence-corrected chi connectivity index (χ1v) is 12.9. The van der Waals surface area contributed by atoms with Crippen molar-refractivity contribution in [3.63, 3.8) is 0 Å². The van der Waals surface area contributed by atoms with Gasteiger partial charge in [0.25, 0.3) is 0 Å². The lowest BCUT2D eigenvalue weighted by Crippen LogP contribution is -2.10. The van der Waals surface area contributed by atoms with E-state index in [0.29, 0.717) is 41.3 Å². The van der Waals surface area contributed by atoms with Crippen LogP contribution in [0.15, 0.2) is 54.6 Å². The number of aromatic nitrogens is 3. The summed E-state index contributed by atoms with van der Waals surface area (Å²) in [5.41, 5.74) is 2.84. The molecular weight excluding hydrogens is 523 g/mol. The molecule has 3 aromatic carbocycles. The van der Waals surface area contributed by atoms with Crippen molar-refractivity contribution < 1.29 is 32.5 Å². The Labute approximate surface area is 228 Å². The van der Waals surface area contributed by atoms with E-state index in [9.17, 15) is 18.0 Å². The maximum absolute atomic E-state index is 14.2. The van der Waals surface area contributed by atoms with Gasteiger partial charge in [0.15, 0.2) is 5.82 Å². The molecule has 206 valence electrons. The van der Waals surface area contributed by atoms with Crippen molar-refractivity contribution in [1.29, 1.82) is 0 Å². The number of benzene rings is 3. The van der Waals surface area contributed by atoms with Crippen molar-refractivity contribution in [3.05, 3.63) is 82.7 Å². The molecule has 2 atom stereocenters. The van der Waals surface area contributed by atoms with E-state index in [1.54, 1.807) is 54.2 Å². The number of hydrogen-bond donors (Lipinski definition) is 1. The zero-order chi connectivity index (χ0) is 28.2. The van der Waals surface area contributed by atoms with E-state index in [1.807, 2.05) is 6.92 Å². The number of fused-ring (bicyclic) bond motifs is 2. The maximum Gasteiger partial charge on any atom is 0.417 e. The Kier molecular flexibility index (Phi) is 6.28. The Morgan fingerprint density at radius 1 is 1.10 bits per heavy atom. The van der Waals surface area contributed by atoms with Gasteiger partial charge in [-0.3, -0.25) is 9.48 Å². The van der Waals surface area contributed by atoms with Gasteiger partial charge in [0.05, 0.1) is 18.6 Å². The first-order chi connectivity index (χ1) is 19.1. The van der Waals surface area contributed by atoms with Crippen LogP contribution < -0.4 is 9.47 Å². The fourth-order valence-electron chi connectivity index (χ4n) is 5.60. The van der Waals surface area contributed by atoms with E-state index in [4.69, 9.17) is 14.6 Å². The lowest BCUT2D eigenvalue weighted by atomic mass is 9.91. The van der Waals surface area contributed by atoms with Crippen LogP contribution >= 0.6 is 0 Å². The van der Waals surface area contributed by atoms with Crippen molar-refractivity contribution in [3.8, 4) is 34.0 Å². The second-order valence-electron chi connectivity index (χ2n) is 10.2. The third kappa shape index (κ3) is 4.67. The molecule has 0 radical (unpaired) electrons. The number of carboxylic acid groups (broad SMARTS) is 1. The molecule has 1 aromatic heterocycles. The summed E-state index contributed by atoms with van der Waals surface area (Å²) in [5, 5.41) is 13.5. The van der Waals surface area contributed by atoms with Gasteiger partial charge in [0.1, 0.15) is 23.4 Å². The number of ether oxygens (including phenoxy) is 2. The fraction of sp³-hybridized carbons (Fsp3) is 0.300. The summed E-state index contributed by atoms with van der Waals surface area (Å²) in [6, 6.07) is 14.8. The van der Waals surface area contributed by atoms with Gasteiger partial charge >= 0.3 is 12.1 Å². The molecule has 6 rings (SSSR count). The number of rotatable bonds is 6. The summed E-state index contributed by atoms with van der Waals surface area (Å²) in [4.78, 5) is 15.5. The quantitative estimate of drug-likeness (QED) is 0.296. The number of halogens is 3. The molecule has 0 amide bonds. The highest BCUT2D eigenvalue weighted by atomic mass is 19.4. The van der Waals surface area contributed by atoms with E-state index in [-0.39, 0.29) is 24.5 Å². The molecule has 0 bridgehead atoms. The molecule has 0 unspecified atom stereocenters. The maximum atomic E-state index is 14.2. The second-order valence-corrected chi connectivity index (χ2v) is 10.2. The normalized spacial score (nSPS) is 17.8. The average molecular weight is 550 g/mol. The molecule has 2 aliphatic rings. The number of hydrogen-bond acceptors (Lipinski definition) is 5. The highest BCUT2D eigenvalue weighted by molar-refractivity contribution is 5.76. The summed E-state index contributed by atoms with van der Waals surface area (Å²) >= 11 is 0. The van der Waals surface area contributed by atoms with E-state index in [1.165, 1.54) is 6.07 Å². The molecule has 7 nitrogen and oxygen atoms in total. The summed E-state index contributed by atoms with van der Waals surface area (Å²) in [7, 11) is 1.79. The van der Waals surface area contributed by atoms with Crippen LogP contribution in [0.5, 0.6) is 11.5 Å². The van der Waals surface area contributed by atoms with E-state index in [0.717, 1.165) is 28.6 Å². The Hall–Kier alpha value is -4.34. The van der Waals surface area contributed by atoms with E-state index in [2.05, 4.69) is 10.1 Å². The molecule has 10 heteroatoms. The lowest BCUT2D eigenvalue weighted by Gasteiger charge is -2.20. The molecule has 1 aliphatic heterocycles. The van der Waals surface area contributed by atoms with Gasteiger partial charge in [0, 0.05) is 30.2 Å². The van der Waals surface area contributed by atoms with Crippen molar-refractivity contribution in [1.82, 2.24) is 14.8 Å². The Bertz CT molecular complexity index is 1590. The van der Waals surface area contributed by atoms with E-state index >= 15 is 0 Å². The van der Waals surface area contributed by atoms with Crippen LogP contribution in [0.1, 0.15) is 52.9 Å². The number of carboxylic acids is 1. The molecular formula is C30H26F3N3O4. The van der Waals surface area contributed by atoms with Crippen LogP contribution in [-0.2, 0) is 24.4 Å². The molecule has 40 heavy (non-hydrogen) atoms. The molecule has 4 aromatic rings. The molecule has 1 aliphatic carbocycles. The van der Waals surface area contributed by atoms with Gasteiger partial charge in [-0.2, -0.15) is 18.3 Å². The minimum Gasteiger partial charge on any atom is -0.492 e. The zero-order valence-corrected chi connectivity index (χ0v) is 21.8.